The topological polar surface area (TPSA) is 63.1 Å². The summed E-state index contributed by atoms with van der Waals surface area (Å²) < 4.78 is 1.89. The van der Waals surface area contributed by atoms with Gasteiger partial charge in [0.05, 0.1) is 5.01 Å². The van der Waals surface area contributed by atoms with Crippen molar-refractivity contribution in [1.29, 1.82) is 0 Å². The molecule has 0 aromatic carbocycles. The van der Waals surface area contributed by atoms with Crippen molar-refractivity contribution in [3.63, 3.8) is 0 Å². The Kier molecular flexibility index (Phi) is 4.37. The number of likely N-dealkylation sites (tertiary alicyclic amines) is 1. The zero-order chi connectivity index (χ0) is 16.4. The predicted molar refractivity (Wildman–Crippen MR) is 93.0 cm³/mol. The van der Waals surface area contributed by atoms with Gasteiger partial charge in [-0.1, -0.05) is 0 Å². The number of amides is 1. The number of carbonyl (C=O) groups excluding carboxylic acids is 1. The van der Waals surface area contributed by atoms with Crippen molar-refractivity contribution in [3.8, 4) is 0 Å². The Balaban J connectivity index is 1.58. The summed E-state index contributed by atoms with van der Waals surface area (Å²) in [7, 11) is 0. The smallest absolute Gasteiger partial charge is 0.250 e. The number of aromatic nitrogens is 3. The second-order valence-corrected chi connectivity index (χ2v) is 7.62. The maximum Gasteiger partial charge on any atom is 0.250 e. The fourth-order valence-electron chi connectivity index (χ4n) is 4.00. The van der Waals surface area contributed by atoms with Gasteiger partial charge in [0.1, 0.15) is 5.54 Å². The van der Waals surface area contributed by atoms with Crippen LogP contribution in [0.1, 0.15) is 36.6 Å². The SMILES string of the molecule is O=C(N1CCCC(c2nccs2)C1)C1(n2cccn2)CCNCC1. The highest BCUT2D eigenvalue weighted by molar-refractivity contribution is 7.09. The van der Waals surface area contributed by atoms with E-state index in [1.165, 1.54) is 0 Å². The van der Waals surface area contributed by atoms with Crippen molar-refractivity contribution < 1.29 is 4.79 Å². The van der Waals surface area contributed by atoms with Crippen LogP contribution >= 0.6 is 11.3 Å². The molecule has 24 heavy (non-hydrogen) atoms. The molecule has 6 nitrogen and oxygen atoms in total. The van der Waals surface area contributed by atoms with Crippen molar-refractivity contribution in [2.75, 3.05) is 26.2 Å². The third kappa shape index (κ3) is 2.75. The van der Waals surface area contributed by atoms with Crippen LogP contribution in [-0.2, 0) is 10.3 Å². The fourth-order valence-corrected chi connectivity index (χ4v) is 4.76. The summed E-state index contributed by atoms with van der Waals surface area (Å²) in [4.78, 5) is 20.0. The van der Waals surface area contributed by atoms with Gasteiger partial charge >= 0.3 is 0 Å². The van der Waals surface area contributed by atoms with Gasteiger partial charge in [0.25, 0.3) is 5.91 Å². The quantitative estimate of drug-likeness (QED) is 0.922. The lowest BCUT2D eigenvalue weighted by molar-refractivity contribution is -0.144. The molecule has 128 valence electrons. The first-order valence-electron chi connectivity index (χ1n) is 8.69. The summed E-state index contributed by atoms with van der Waals surface area (Å²) in [6.45, 7) is 3.34. The van der Waals surface area contributed by atoms with E-state index in [1.54, 1.807) is 17.5 Å². The second kappa shape index (κ2) is 6.64. The molecule has 2 aliphatic heterocycles. The van der Waals surface area contributed by atoms with Crippen LogP contribution in [0.4, 0.5) is 0 Å². The second-order valence-electron chi connectivity index (χ2n) is 6.69. The van der Waals surface area contributed by atoms with Crippen LogP contribution in [-0.4, -0.2) is 51.8 Å². The molecule has 1 unspecified atom stereocenters. The van der Waals surface area contributed by atoms with Crippen molar-refractivity contribution >= 4 is 17.2 Å². The van der Waals surface area contributed by atoms with E-state index in [9.17, 15) is 4.79 Å². The molecule has 2 aliphatic rings. The summed E-state index contributed by atoms with van der Waals surface area (Å²) in [5.74, 6) is 0.605. The third-order valence-electron chi connectivity index (χ3n) is 5.28. The van der Waals surface area contributed by atoms with Gasteiger partial charge in [-0.05, 0) is 44.8 Å². The van der Waals surface area contributed by atoms with Crippen molar-refractivity contribution in [2.45, 2.75) is 37.1 Å². The Labute approximate surface area is 145 Å². The number of carbonyl (C=O) groups is 1. The van der Waals surface area contributed by atoms with E-state index in [1.807, 2.05) is 28.5 Å². The first-order chi connectivity index (χ1) is 11.8. The zero-order valence-corrected chi connectivity index (χ0v) is 14.5. The Morgan fingerprint density at radius 3 is 2.92 bits per heavy atom. The zero-order valence-electron chi connectivity index (χ0n) is 13.7. The molecule has 2 saturated heterocycles. The van der Waals surface area contributed by atoms with Gasteiger partial charge in [-0.15, -0.1) is 11.3 Å². The van der Waals surface area contributed by atoms with Gasteiger partial charge in [-0.2, -0.15) is 5.10 Å². The predicted octanol–water partition coefficient (Wildman–Crippen LogP) is 1.82. The molecule has 0 bridgehead atoms. The van der Waals surface area contributed by atoms with Gasteiger partial charge < -0.3 is 10.2 Å². The molecule has 1 atom stereocenters. The molecule has 1 amide bonds. The highest BCUT2D eigenvalue weighted by Crippen LogP contribution is 2.34. The summed E-state index contributed by atoms with van der Waals surface area (Å²) in [6, 6.07) is 1.91. The molecular weight excluding hydrogens is 322 g/mol. The molecule has 2 aromatic heterocycles. The molecule has 4 heterocycles. The number of piperidine rings is 2. The van der Waals surface area contributed by atoms with E-state index in [4.69, 9.17) is 0 Å². The Bertz CT molecular complexity index is 663. The number of nitrogens with zero attached hydrogens (tertiary/aromatic N) is 4. The van der Waals surface area contributed by atoms with Gasteiger partial charge in [0, 0.05) is 43.0 Å². The van der Waals surface area contributed by atoms with Crippen LogP contribution in [0.25, 0.3) is 0 Å². The monoisotopic (exact) mass is 345 g/mol. The maximum absolute atomic E-state index is 13.5. The minimum absolute atomic E-state index is 0.231. The number of nitrogens with one attached hydrogen (secondary N) is 1. The average Bonchev–Trinajstić information content (AvgIpc) is 3.35. The molecule has 0 aliphatic carbocycles. The molecular formula is C17H23N5OS. The van der Waals surface area contributed by atoms with Crippen molar-refractivity contribution in [2.24, 2.45) is 0 Å². The third-order valence-corrected chi connectivity index (χ3v) is 6.22. The molecule has 7 heteroatoms. The molecule has 2 aromatic rings. The molecule has 2 fully saturated rings. The van der Waals surface area contributed by atoms with Gasteiger partial charge in [-0.25, -0.2) is 4.98 Å². The lowest BCUT2D eigenvalue weighted by Gasteiger charge is -2.42. The molecule has 1 N–H and O–H groups in total. The summed E-state index contributed by atoms with van der Waals surface area (Å²) in [5.41, 5.74) is -0.528. The van der Waals surface area contributed by atoms with E-state index in [0.717, 1.165) is 56.9 Å². The van der Waals surface area contributed by atoms with E-state index in [0.29, 0.717) is 5.92 Å². The largest absolute Gasteiger partial charge is 0.340 e. The molecule has 4 rings (SSSR count). The minimum atomic E-state index is -0.528. The first-order valence-corrected chi connectivity index (χ1v) is 9.57. The number of hydrogen-bond donors (Lipinski definition) is 1. The average molecular weight is 345 g/mol. The maximum atomic E-state index is 13.5. The van der Waals surface area contributed by atoms with Gasteiger partial charge in [-0.3, -0.25) is 9.48 Å². The van der Waals surface area contributed by atoms with Crippen LogP contribution in [0.3, 0.4) is 0 Å². The highest BCUT2D eigenvalue weighted by atomic mass is 32.1. The van der Waals surface area contributed by atoms with E-state index >= 15 is 0 Å². The van der Waals surface area contributed by atoms with Crippen LogP contribution in [0.15, 0.2) is 30.0 Å². The van der Waals surface area contributed by atoms with E-state index < -0.39 is 5.54 Å². The molecule has 0 radical (unpaired) electrons. The Morgan fingerprint density at radius 2 is 2.21 bits per heavy atom. The van der Waals surface area contributed by atoms with E-state index in [2.05, 4.69) is 20.3 Å². The van der Waals surface area contributed by atoms with Gasteiger partial charge in [0.2, 0.25) is 0 Å². The lowest BCUT2D eigenvalue weighted by atomic mass is 9.85. The lowest BCUT2D eigenvalue weighted by Crippen LogP contribution is -2.57. The summed E-state index contributed by atoms with van der Waals surface area (Å²) >= 11 is 1.70. The number of hydrogen-bond acceptors (Lipinski definition) is 5. The molecule has 0 spiro atoms. The van der Waals surface area contributed by atoms with Crippen molar-refractivity contribution in [3.05, 3.63) is 35.0 Å². The number of thiazole rings is 1. The van der Waals surface area contributed by atoms with Crippen LogP contribution in [0, 0.1) is 0 Å². The standard InChI is InChI=1S/C17H23N5OS/c23-16(17(4-7-18-8-5-17)22-11-2-6-20-22)21-10-1-3-14(13-21)15-19-9-12-24-15/h2,6,9,11-12,14,18H,1,3-5,7-8,10,13H2. The van der Waals surface area contributed by atoms with Crippen LogP contribution in [0.5, 0.6) is 0 Å². The van der Waals surface area contributed by atoms with Crippen LogP contribution < -0.4 is 5.32 Å². The summed E-state index contributed by atoms with van der Waals surface area (Å²) in [6.07, 6.45) is 9.32. The highest BCUT2D eigenvalue weighted by Gasteiger charge is 2.45. The van der Waals surface area contributed by atoms with Crippen molar-refractivity contribution in [1.82, 2.24) is 25.0 Å². The fraction of sp³-hybridized carbons (Fsp3) is 0.588. The number of rotatable bonds is 3. The van der Waals surface area contributed by atoms with Crippen LogP contribution in [0.2, 0.25) is 0 Å². The first kappa shape index (κ1) is 15.8. The molecule has 0 saturated carbocycles. The van der Waals surface area contributed by atoms with Gasteiger partial charge in [0.15, 0.2) is 0 Å². The van der Waals surface area contributed by atoms with E-state index in [-0.39, 0.29) is 5.91 Å². The Morgan fingerprint density at radius 1 is 1.33 bits per heavy atom. The summed E-state index contributed by atoms with van der Waals surface area (Å²) in [5, 5.41) is 11.0. The minimum Gasteiger partial charge on any atom is -0.340 e. The Hall–Kier alpha value is -1.73. The normalized spacial score (nSPS) is 24.0.